The van der Waals surface area contributed by atoms with Gasteiger partial charge in [-0.15, -0.1) is 0 Å². The molecule has 0 heterocycles. The zero-order valence-corrected chi connectivity index (χ0v) is 11.1. The summed E-state index contributed by atoms with van der Waals surface area (Å²) in [4.78, 5) is 21.9. The van der Waals surface area contributed by atoms with E-state index in [9.17, 15) is 9.59 Å². The van der Waals surface area contributed by atoms with E-state index in [2.05, 4.69) is 17.6 Å². The van der Waals surface area contributed by atoms with Gasteiger partial charge in [0.15, 0.2) is 0 Å². The molecule has 0 aliphatic heterocycles. The maximum absolute atomic E-state index is 11.4. The smallest absolute Gasteiger partial charge is 0.303 e. The van der Waals surface area contributed by atoms with Crippen molar-refractivity contribution < 1.29 is 14.7 Å². The minimum atomic E-state index is -0.744. The Morgan fingerprint density at radius 3 is 2.61 bits per heavy atom. The van der Waals surface area contributed by atoms with Crippen LogP contribution in [0.3, 0.4) is 0 Å². The van der Waals surface area contributed by atoms with Crippen molar-refractivity contribution in [1.29, 1.82) is 0 Å². The molecular formula is C13H24N2O3. The van der Waals surface area contributed by atoms with Gasteiger partial charge >= 0.3 is 5.97 Å². The molecule has 1 aliphatic rings. The Kier molecular flexibility index (Phi) is 6.72. The van der Waals surface area contributed by atoms with Crippen molar-refractivity contribution in [2.75, 3.05) is 13.1 Å². The van der Waals surface area contributed by atoms with Crippen LogP contribution in [-0.4, -0.2) is 36.1 Å². The maximum atomic E-state index is 11.4. The number of carboxylic acids is 1. The first-order valence-electron chi connectivity index (χ1n) is 6.83. The van der Waals surface area contributed by atoms with E-state index in [1.807, 2.05) is 0 Å². The van der Waals surface area contributed by atoms with Gasteiger partial charge in [0.2, 0.25) is 5.91 Å². The molecule has 3 N–H and O–H groups in total. The third-order valence-corrected chi connectivity index (χ3v) is 3.35. The molecule has 1 fully saturated rings. The molecule has 1 atom stereocenters. The van der Waals surface area contributed by atoms with Crippen molar-refractivity contribution in [3.8, 4) is 0 Å². The van der Waals surface area contributed by atoms with Crippen molar-refractivity contribution in [1.82, 2.24) is 10.6 Å². The van der Waals surface area contributed by atoms with Crippen LogP contribution in [0.25, 0.3) is 0 Å². The molecule has 1 amide bonds. The second-order valence-corrected chi connectivity index (χ2v) is 5.00. The third kappa shape index (κ3) is 7.27. The zero-order chi connectivity index (χ0) is 13.4. The van der Waals surface area contributed by atoms with Gasteiger partial charge in [-0.1, -0.05) is 13.3 Å². The summed E-state index contributed by atoms with van der Waals surface area (Å²) >= 11 is 0. The monoisotopic (exact) mass is 256 g/mol. The van der Waals surface area contributed by atoms with E-state index in [4.69, 9.17) is 5.11 Å². The zero-order valence-electron chi connectivity index (χ0n) is 11.1. The standard InChI is InChI=1S/C13H24N2O3/c1-2-10(3-6-13(17)18)7-8-14-12(16)9-15-11-4-5-11/h10-11,15H,2-9H2,1H3,(H,14,16)(H,17,18). The minimum absolute atomic E-state index is 0.0370. The largest absolute Gasteiger partial charge is 0.481 e. The van der Waals surface area contributed by atoms with Gasteiger partial charge in [0, 0.05) is 19.0 Å². The normalized spacial score (nSPS) is 16.3. The summed E-state index contributed by atoms with van der Waals surface area (Å²) in [5, 5.41) is 14.6. The molecule has 5 heteroatoms. The maximum Gasteiger partial charge on any atom is 0.303 e. The number of nitrogens with one attached hydrogen (secondary N) is 2. The summed E-state index contributed by atoms with van der Waals surface area (Å²) < 4.78 is 0. The Morgan fingerprint density at radius 2 is 2.06 bits per heavy atom. The van der Waals surface area contributed by atoms with Gasteiger partial charge in [0.1, 0.15) is 0 Å². The van der Waals surface area contributed by atoms with Crippen LogP contribution in [0.15, 0.2) is 0 Å². The second-order valence-electron chi connectivity index (χ2n) is 5.00. The molecule has 0 spiro atoms. The number of rotatable bonds is 10. The van der Waals surface area contributed by atoms with Crippen LogP contribution in [0, 0.1) is 5.92 Å². The van der Waals surface area contributed by atoms with Gasteiger partial charge in [-0.3, -0.25) is 9.59 Å². The Hall–Kier alpha value is -1.10. The van der Waals surface area contributed by atoms with Crippen molar-refractivity contribution in [2.24, 2.45) is 5.92 Å². The van der Waals surface area contributed by atoms with E-state index in [1.165, 1.54) is 12.8 Å². The molecule has 1 saturated carbocycles. The number of aliphatic carboxylic acids is 1. The lowest BCUT2D eigenvalue weighted by Crippen LogP contribution is -2.35. The van der Waals surface area contributed by atoms with Gasteiger partial charge < -0.3 is 15.7 Å². The van der Waals surface area contributed by atoms with Gasteiger partial charge in [0.05, 0.1) is 6.54 Å². The van der Waals surface area contributed by atoms with Crippen molar-refractivity contribution in [3.05, 3.63) is 0 Å². The van der Waals surface area contributed by atoms with Crippen LogP contribution in [0.4, 0.5) is 0 Å². The third-order valence-electron chi connectivity index (χ3n) is 3.35. The van der Waals surface area contributed by atoms with Crippen LogP contribution in [0.1, 0.15) is 45.4 Å². The quantitative estimate of drug-likeness (QED) is 0.547. The summed E-state index contributed by atoms with van der Waals surface area (Å²) in [5.41, 5.74) is 0. The number of carboxylic acid groups (broad SMARTS) is 1. The molecule has 104 valence electrons. The molecule has 5 nitrogen and oxygen atoms in total. The summed E-state index contributed by atoms with van der Waals surface area (Å²) in [5.74, 6) is -0.320. The Balaban J connectivity index is 2.02. The lowest BCUT2D eigenvalue weighted by atomic mass is 9.97. The molecule has 0 aromatic heterocycles. The van der Waals surface area contributed by atoms with E-state index >= 15 is 0 Å². The minimum Gasteiger partial charge on any atom is -0.481 e. The van der Waals surface area contributed by atoms with Crippen LogP contribution in [0.2, 0.25) is 0 Å². The van der Waals surface area contributed by atoms with Gasteiger partial charge in [-0.2, -0.15) is 0 Å². The molecule has 0 saturated heterocycles. The summed E-state index contributed by atoms with van der Waals surface area (Å²) in [7, 11) is 0. The fourth-order valence-corrected chi connectivity index (χ4v) is 1.88. The first-order chi connectivity index (χ1) is 8.61. The first-order valence-corrected chi connectivity index (χ1v) is 6.83. The second kappa shape index (κ2) is 8.08. The number of carbonyl (C=O) groups is 2. The predicted molar refractivity (Wildman–Crippen MR) is 69.3 cm³/mol. The lowest BCUT2D eigenvalue weighted by molar-refractivity contribution is -0.137. The van der Waals surface area contributed by atoms with Crippen molar-refractivity contribution in [2.45, 2.75) is 51.5 Å². The highest BCUT2D eigenvalue weighted by molar-refractivity contribution is 5.78. The van der Waals surface area contributed by atoms with E-state index in [-0.39, 0.29) is 12.3 Å². The number of carbonyl (C=O) groups excluding carboxylic acids is 1. The van der Waals surface area contributed by atoms with E-state index in [1.54, 1.807) is 0 Å². The predicted octanol–water partition coefficient (Wildman–Crippen LogP) is 1.14. The molecule has 1 rings (SSSR count). The number of hydrogen-bond acceptors (Lipinski definition) is 3. The highest BCUT2D eigenvalue weighted by atomic mass is 16.4. The van der Waals surface area contributed by atoms with E-state index < -0.39 is 5.97 Å². The molecular weight excluding hydrogens is 232 g/mol. The fraction of sp³-hybridized carbons (Fsp3) is 0.846. The SMILES string of the molecule is CCC(CCNC(=O)CNC1CC1)CCC(=O)O. The topological polar surface area (TPSA) is 78.4 Å². The van der Waals surface area contributed by atoms with E-state index in [0.29, 0.717) is 31.5 Å². The molecule has 0 radical (unpaired) electrons. The summed E-state index contributed by atoms with van der Waals surface area (Å²) in [6.45, 7) is 3.10. The number of amides is 1. The van der Waals surface area contributed by atoms with E-state index in [0.717, 1.165) is 12.8 Å². The number of hydrogen-bond donors (Lipinski definition) is 3. The fourth-order valence-electron chi connectivity index (χ4n) is 1.88. The van der Waals surface area contributed by atoms with Crippen LogP contribution in [-0.2, 0) is 9.59 Å². The molecule has 0 bridgehead atoms. The molecule has 1 aliphatic carbocycles. The summed E-state index contributed by atoms with van der Waals surface area (Å²) in [6.07, 6.45) is 5.10. The Labute approximate surface area is 108 Å². The lowest BCUT2D eigenvalue weighted by Gasteiger charge is -2.14. The van der Waals surface area contributed by atoms with Crippen molar-refractivity contribution in [3.63, 3.8) is 0 Å². The van der Waals surface area contributed by atoms with Crippen LogP contribution in [0.5, 0.6) is 0 Å². The highest BCUT2D eigenvalue weighted by Crippen LogP contribution is 2.18. The van der Waals surface area contributed by atoms with Gasteiger partial charge in [-0.25, -0.2) is 0 Å². The average Bonchev–Trinajstić information content (AvgIpc) is 3.14. The van der Waals surface area contributed by atoms with Gasteiger partial charge in [0.25, 0.3) is 0 Å². The average molecular weight is 256 g/mol. The molecule has 18 heavy (non-hydrogen) atoms. The highest BCUT2D eigenvalue weighted by Gasteiger charge is 2.21. The van der Waals surface area contributed by atoms with Crippen molar-refractivity contribution >= 4 is 11.9 Å². The van der Waals surface area contributed by atoms with Crippen LogP contribution >= 0.6 is 0 Å². The molecule has 0 aromatic rings. The van der Waals surface area contributed by atoms with Crippen LogP contribution < -0.4 is 10.6 Å². The summed E-state index contributed by atoms with van der Waals surface area (Å²) in [6, 6.07) is 0.551. The molecule has 1 unspecified atom stereocenters. The molecule has 0 aromatic carbocycles. The first kappa shape index (κ1) is 15.0. The Morgan fingerprint density at radius 1 is 1.33 bits per heavy atom. The van der Waals surface area contributed by atoms with Gasteiger partial charge in [-0.05, 0) is 31.6 Å². The Bertz CT molecular complexity index is 277.